The van der Waals surface area contributed by atoms with Crippen LogP contribution in [0, 0.1) is 0 Å². The zero-order chi connectivity index (χ0) is 27.5. The molecule has 2 aliphatic rings. The van der Waals surface area contributed by atoms with Crippen LogP contribution in [-0.2, 0) is 29.2 Å². The summed E-state index contributed by atoms with van der Waals surface area (Å²) in [5.41, 5.74) is 4.60. The molecule has 0 bridgehead atoms. The minimum absolute atomic E-state index is 0.0911. The molecular formula is C29H28N4O6. The van der Waals surface area contributed by atoms with Gasteiger partial charge in [0.1, 0.15) is 12.6 Å². The van der Waals surface area contributed by atoms with Gasteiger partial charge < -0.3 is 25.2 Å². The van der Waals surface area contributed by atoms with Gasteiger partial charge in [0.15, 0.2) is 11.5 Å². The lowest BCUT2D eigenvalue weighted by molar-refractivity contribution is -0.120. The van der Waals surface area contributed by atoms with E-state index in [0.717, 1.165) is 11.3 Å². The van der Waals surface area contributed by atoms with Crippen LogP contribution in [0.3, 0.4) is 0 Å². The first-order valence-corrected chi connectivity index (χ1v) is 12.5. The van der Waals surface area contributed by atoms with Gasteiger partial charge >= 0.3 is 0 Å². The number of ether oxygens (including phenoxy) is 2. The third kappa shape index (κ3) is 5.19. The highest BCUT2D eigenvalue weighted by atomic mass is 16.5. The number of carbonyl (C=O) groups excluding carboxylic acids is 3. The Morgan fingerprint density at radius 1 is 1.18 bits per heavy atom. The molecule has 3 aromatic carbocycles. The van der Waals surface area contributed by atoms with Crippen molar-refractivity contribution in [3.63, 3.8) is 0 Å². The first kappa shape index (κ1) is 25.9. The molecule has 2 atom stereocenters. The van der Waals surface area contributed by atoms with Gasteiger partial charge in [-0.2, -0.15) is 0 Å². The Kier molecular flexibility index (Phi) is 7.29. The molecule has 0 saturated carbocycles. The molecule has 0 aliphatic carbocycles. The largest absolute Gasteiger partial charge is 0.493 e. The van der Waals surface area contributed by atoms with E-state index in [1.54, 1.807) is 48.4 Å². The number of anilines is 2. The van der Waals surface area contributed by atoms with Crippen LogP contribution >= 0.6 is 0 Å². The van der Waals surface area contributed by atoms with Crippen LogP contribution in [0.25, 0.3) is 0 Å². The summed E-state index contributed by atoms with van der Waals surface area (Å²) in [4.78, 5) is 43.0. The van der Waals surface area contributed by atoms with Crippen LogP contribution in [0.1, 0.15) is 34.0 Å². The molecule has 10 nitrogen and oxygen atoms in total. The minimum atomic E-state index is -0.726. The molecule has 3 amide bonds. The lowest BCUT2D eigenvalue weighted by Crippen LogP contribution is -2.37. The van der Waals surface area contributed by atoms with E-state index in [2.05, 4.69) is 15.6 Å². The third-order valence-corrected chi connectivity index (χ3v) is 6.74. The maximum Gasteiger partial charge on any atom is 0.261 e. The van der Waals surface area contributed by atoms with Crippen molar-refractivity contribution in [2.24, 2.45) is 4.99 Å². The number of para-hydroxylation sites is 1. The summed E-state index contributed by atoms with van der Waals surface area (Å²) in [5.74, 6) is 0.218. The number of carbonyl (C=O) groups is 3. The molecule has 3 aromatic rings. The number of methoxy groups -OCH3 is 1. The number of aliphatic imine (C=N–C) groups is 1. The number of hydrogen-bond donors (Lipinski definition) is 3. The van der Waals surface area contributed by atoms with Crippen molar-refractivity contribution in [3.8, 4) is 11.5 Å². The van der Waals surface area contributed by atoms with E-state index in [1.807, 2.05) is 24.3 Å². The molecule has 39 heavy (non-hydrogen) atoms. The molecule has 0 spiro atoms. The van der Waals surface area contributed by atoms with Crippen molar-refractivity contribution in [3.05, 3.63) is 76.9 Å². The van der Waals surface area contributed by atoms with Crippen molar-refractivity contribution in [2.45, 2.75) is 38.6 Å². The SMILES string of the molecule is COc1cc2c(cc1OCc1cc(CO)cc(NC(=O)C(C)NC=O)c1)N=CC1Cc3ccccc3N1C2=O. The van der Waals surface area contributed by atoms with Crippen molar-refractivity contribution in [1.29, 1.82) is 0 Å². The summed E-state index contributed by atoms with van der Waals surface area (Å²) in [6.45, 7) is 1.41. The van der Waals surface area contributed by atoms with Gasteiger partial charge in [-0.1, -0.05) is 18.2 Å². The number of nitrogens with zero attached hydrogens (tertiary/aromatic N) is 2. The average molecular weight is 529 g/mol. The minimum Gasteiger partial charge on any atom is -0.493 e. The summed E-state index contributed by atoms with van der Waals surface area (Å²) in [5, 5.41) is 14.8. The van der Waals surface area contributed by atoms with Gasteiger partial charge in [-0.3, -0.25) is 24.3 Å². The maximum absolute atomic E-state index is 13.6. The summed E-state index contributed by atoms with van der Waals surface area (Å²) in [6.07, 6.45) is 2.95. The van der Waals surface area contributed by atoms with Gasteiger partial charge in [-0.25, -0.2) is 0 Å². The van der Waals surface area contributed by atoms with Crippen molar-refractivity contribution in [2.75, 3.05) is 17.3 Å². The summed E-state index contributed by atoms with van der Waals surface area (Å²) in [7, 11) is 1.50. The molecule has 2 unspecified atom stereocenters. The number of hydrogen-bond acceptors (Lipinski definition) is 7. The second-order valence-electron chi connectivity index (χ2n) is 9.35. The highest BCUT2D eigenvalue weighted by Gasteiger charge is 2.36. The molecule has 10 heteroatoms. The first-order chi connectivity index (χ1) is 18.9. The number of rotatable bonds is 9. The molecule has 3 N–H and O–H groups in total. The van der Waals surface area contributed by atoms with Crippen molar-refractivity contribution < 1.29 is 29.0 Å². The molecule has 0 saturated heterocycles. The van der Waals surface area contributed by atoms with Gasteiger partial charge in [0, 0.05) is 30.1 Å². The van der Waals surface area contributed by atoms with Gasteiger partial charge in [-0.05, 0) is 53.9 Å². The van der Waals surface area contributed by atoms with Crippen LogP contribution < -0.4 is 25.0 Å². The topological polar surface area (TPSA) is 130 Å². The highest BCUT2D eigenvalue weighted by Crippen LogP contribution is 2.41. The summed E-state index contributed by atoms with van der Waals surface area (Å²) in [6, 6.07) is 15.4. The smallest absolute Gasteiger partial charge is 0.261 e. The molecule has 0 aromatic heterocycles. The second-order valence-corrected chi connectivity index (χ2v) is 9.35. The Balaban J connectivity index is 1.39. The lowest BCUT2D eigenvalue weighted by atomic mass is 10.1. The van der Waals surface area contributed by atoms with Crippen molar-refractivity contribution >= 4 is 41.5 Å². The number of nitrogens with one attached hydrogen (secondary N) is 2. The van der Waals surface area contributed by atoms with Crippen molar-refractivity contribution in [1.82, 2.24) is 5.32 Å². The van der Waals surface area contributed by atoms with Crippen LogP contribution in [-0.4, -0.2) is 48.7 Å². The number of aliphatic hydroxyl groups excluding tert-OH is 1. The fourth-order valence-corrected chi connectivity index (χ4v) is 4.79. The zero-order valence-corrected chi connectivity index (χ0v) is 21.5. The fourth-order valence-electron chi connectivity index (χ4n) is 4.79. The van der Waals surface area contributed by atoms with Crippen LogP contribution in [0.5, 0.6) is 11.5 Å². The van der Waals surface area contributed by atoms with Crippen LogP contribution in [0.2, 0.25) is 0 Å². The molecule has 2 aliphatic heterocycles. The molecule has 200 valence electrons. The highest BCUT2D eigenvalue weighted by molar-refractivity contribution is 6.14. The summed E-state index contributed by atoms with van der Waals surface area (Å²) < 4.78 is 11.6. The van der Waals surface area contributed by atoms with Gasteiger partial charge in [0.25, 0.3) is 5.91 Å². The molecule has 5 rings (SSSR count). The van der Waals surface area contributed by atoms with E-state index in [1.165, 1.54) is 7.11 Å². The fraction of sp³-hybridized carbons (Fsp3) is 0.241. The molecule has 0 fully saturated rings. The van der Waals surface area contributed by atoms with Crippen LogP contribution in [0.15, 0.2) is 59.6 Å². The van der Waals surface area contributed by atoms with E-state index < -0.39 is 11.9 Å². The predicted octanol–water partition coefficient (Wildman–Crippen LogP) is 3.13. The Labute approximate surface area is 225 Å². The van der Waals surface area contributed by atoms with E-state index in [4.69, 9.17) is 9.47 Å². The molecular weight excluding hydrogens is 500 g/mol. The standard InChI is InChI=1S/C29H28N4O6/c1-17(31-16-35)28(36)32-21-8-18(14-34)7-19(9-21)15-39-27-12-24-23(11-26(27)38-2)29(37)33-22(13-30-24)10-20-5-3-4-6-25(20)33/h3-9,11-13,16-17,22,34H,10,14-15H2,1-2H3,(H,31,35)(H,32,36). The number of amides is 3. The maximum atomic E-state index is 13.6. The Bertz CT molecular complexity index is 1470. The average Bonchev–Trinajstić information content (AvgIpc) is 3.26. The van der Waals surface area contributed by atoms with E-state index in [9.17, 15) is 19.5 Å². The van der Waals surface area contributed by atoms with E-state index in [-0.39, 0.29) is 25.2 Å². The van der Waals surface area contributed by atoms with Gasteiger partial charge in [-0.15, -0.1) is 0 Å². The number of benzene rings is 3. The Morgan fingerprint density at radius 3 is 2.74 bits per heavy atom. The van der Waals surface area contributed by atoms with Gasteiger partial charge in [0.2, 0.25) is 12.3 Å². The lowest BCUT2D eigenvalue weighted by Gasteiger charge is -2.22. The van der Waals surface area contributed by atoms with Crippen LogP contribution in [0.4, 0.5) is 17.1 Å². The quantitative estimate of drug-likeness (QED) is 0.366. The normalized spacial score (nSPS) is 15.9. The molecule has 0 radical (unpaired) electrons. The number of aliphatic hydroxyl groups is 1. The zero-order valence-electron chi connectivity index (χ0n) is 21.5. The Hall–Kier alpha value is -4.70. The van der Waals surface area contributed by atoms with E-state index >= 15 is 0 Å². The monoisotopic (exact) mass is 528 g/mol. The third-order valence-electron chi connectivity index (χ3n) is 6.74. The van der Waals surface area contributed by atoms with E-state index in [0.29, 0.717) is 52.4 Å². The summed E-state index contributed by atoms with van der Waals surface area (Å²) >= 11 is 0. The predicted molar refractivity (Wildman–Crippen MR) is 146 cm³/mol. The number of fused-ring (bicyclic) bond motifs is 4. The molecule has 2 heterocycles. The first-order valence-electron chi connectivity index (χ1n) is 12.5. The second kappa shape index (κ2) is 11.0. The Morgan fingerprint density at radius 2 is 1.97 bits per heavy atom. The van der Waals surface area contributed by atoms with Gasteiger partial charge in [0.05, 0.1) is 31.0 Å².